The molecule has 3 unspecified atom stereocenters. The van der Waals surface area contributed by atoms with Crippen molar-refractivity contribution in [1.29, 1.82) is 0 Å². The first-order chi connectivity index (χ1) is 9.22. The molecule has 110 valence electrons. The lowest BCUT2D eigenvalue weighted by molar-refractivity contribution is 0.00671. The topological polar surface area (TPSA) is 44.7 Å². The number of rotatable bonds is 5. The maximum absolute atomic E-state index is 9.91. The largest absolute Gasteiger partial charge is 0.393 e. The molecule has 4 heteroatoms. The summed E-state index contributed by atoms with van der Waals surface area (Å²) in [6.45, 7) is 7.25. The summed E-state index contributed by atoms with van der Waals surface area (Å²) in [5, 5.41) is 13.4. The third-order valence-corrected chi connectivity index (χ3v) is 5.31. The van der Waals surface area contributed by atoms with Gasteiger partial charge in [-0.05, 0) is 38.6 Å². The highest BCUT2D eigenvalue weighted by atomic mass is 16.5. The van der Waals surface area contributed by atoms with Gasteiger partial charge < -0.3 is 15.2 Å². The average Bonchev–Trinajstić information content (AvgIpc) is 2.93. The van der Waals surface area contributed by atoms with Crippen molar-refractivity contribution in [2.45, 2.75) is 57.2 Å². The molecule has 3 fully saturated rings. The fourth-order valence-electron chi connectivity index (χ4n) is 4.25. The first-order valence-electron chi connectivity index (χ1n) is 7.95. The SMILES string of the molecule is CCNCC1(CN2C3CCC2CC(O)C3)CCOC1. The van der Waals surface area contributed by atoms with E-state index in [4.69, 9.17) is 4.74 Å². The Balaban J connectivity index is 1.65. The van der Waals surface area contributed by atoms with Crippen LogP contribution in [0.1, 0.15) is 39.0 Å². The van der Waals surface area contributed by atoms with Gasteiger partial charge in [-0.15, -0.1) is 0 Å². The highest BCUT2D eigenvalue weighted by Gasteiger charge is 2.45. The van der Waals surface area contributed by atoms with Crippen LogP contribution in [0.15, 0.2) is 0 Å². The van der Waals surface area contributed by atoms with Crippen LogP contribution in [0, 0.1) is 5.41 Å². The maximum atomic E-state index is 9.91. The highest BCUT2D eigenvalue weighted by molar-refractivity contribution is 4.99. The Labute approximate surface area is 116 Å². The smallest absolute Gasteiger partial charge is 0.0570 e. The standard InChI is InChI=1S/C15H28N2O2/c1-2-16-9-15(5-6-19-11-15)10-17-12-3-4-13(17)8-14(18)7-12/h12-14,16,18H,2-11H2,1H3. The molecule has 0 radical (unpaired) electrons. The molecule has 0 aliphatic carbocycles. The molecule has 3 heterocycles. The van der Waals surface area contributed by atoms with E-state index >= 15 is 0 Å². The third-order valence-electron chi connectivity index (χ3n) is 5.31. The van der Waals surface area contributed by atoms with Crippen molar-refractivity contribution >= 4 is 0 Å². The summed E-state index contributed by atoms with van der Waals surface area (Å²) in [6.07, 6.45) is 5.64. The van der Waals surface area contributed by atoms with Crippen LogP contribution in [0.4, 0.5) is 0 Å². The third kappa shape index (κ3) is 2.82. The van der Waals surface area contributed by atoms with Crippen LogP contribution in [-0.2, 0) is 4.74 Å². The van der Waals surface area contributed by atoms with Crippen molar-refractivity contribution < 1.29 is 9.84 Å². The molecule has 3 aliphatic heterocycles. The number of hydrogen-bond acceptors (Lipinski definition) is 4. The quantitative estimate of drug-likeness (QED) is 0.780. The van der Waals surface area contributed by atoms with E-state index in [1.165, 1.54) is 19.3 Å². The van der Waals surface area contributed by atoms with E-state index in [1.807, 2.05) is 0 Å². The summed E-state index contributed by atoms with van der Waals surface area (Å²) in [6, 6.07) is 1.24. The highest BCUT2D eigenvalue weighted by Crippen LogP contribution is 2.39. The monoisotopic (exact) mass is 268 g/mol. The Morgan fingerprint density at radius 2 is 2.05 bits per heavy atom. The number of nitrogens with zero attached hydrogens (tertiary/aromatic N) is 1. The van der Waals surface area contributed by atoms with Gasteiger partial charge in [0, 0.05) is 37.2 Å². The zero-order valence-electron chi connectivity index (χ0n) is 12.1. The zero-order valence-corrected chi connectivity index (χ0v) is 12.1. The fourth-order valence-corrected chi connectivity index (χ4v) is 4.25. The molecule has 4 nitrogen and oxygen atoms in total. The van der Waals surface area contributed by atoms with Crippen LogP contribution >= 0.6 is 0 Å². The van der Waals surface area contributed by atoms with Crippen molar-refractivity contribution in [2.24, 2.45) is 5.41 Å². The number of nitrogens with one attached hydrogen (secondary N) is 1. The predicted molar refractivity (Wildman–Crippen MR) is 75.2 cm³/mol. The molecule has 0 amide bonds. The van der Waals surface area contributed by atoms with Crippen LogP contribution in [0.5, 0.6) is 0 Å². The summed E-state index contributed by atoms with van der Waals surface area (Å²) in [5.74, 6) is 0. The second-order valence-corrected chi connectivity index (χ2v) is 6.77. The minimum atomic E-state index is -0.0571. The number of aliphatic hydroxyl groups excluding tert-OH is 1. The van der Waals surface area contributed by atoms with Crippen molar-refractivity contribution in [3.05, 3.63) is 0 Å². The predicted octanol–water partition coefficient (Wildman–Crippen LogP) is 0.990. The second kappa shape index (κ2) is 5.68. The normalized spacial score (nSPS) is 42.9. The molecule has 0 aromatic rings. The van der Waals surface area contributed by atoms with E-state index in [2.05, 4.69) is 17.1 Å². The Hall–Kier alpha value is -0.160. The molecule has 2 N–H and O–H groups in total. The molecule has 3 saturated heterocycles. The van der Waals surface area contributed by atoms with Crippen LogP contribution in [0.3, 0.4) is 0 Å². The van der Waals surface area contributed by atoms with Crippen molar-refractivity contribution in [2.75, 3.05) is 32.8 Å². The fraction of sp³-hybridized carbons (Fsp3) is 1.00. The van der Waals surface area contributed by atoms with Crippen LogP contribution in [-0.4, -0.2) is 61.0 Å². The van der Waals surface area contributed by atoms with Gasteiger partial charge in [0.1, 0.15) is 0 Å². The number of piperidine rings is 1. The molecular formula is C15H28N2O2. The molecule has 19 heavy (non-hydrogen) atoms. The van der Waals surface area contributed by atoms with Crippen molar-refractivity contribution in [3.63, 3.8) is 0 Å². The van der Waals surface area contributed by atoms with E-state index in [0.717, 1.165) is 45.7 Å². The summed E-state index contributed by atoms with van der Waals surface area (Å²) in [5.41, 5.74) is 0.305. The minimum absolute atomic E-state index is 0.0571. The van der Waals surface area contributed by atoms with Crippen molar-refractivity contribution in [1.82, 2.24) is 10.2 Å². The minimum Gasteiger partial charge on any atom is -0.393 e. The molecule has 3 aliphatic rings. The van der Waals surface area contributed by atoms with Crippen LogP contribution in [0.25, 0.3) is 0 Å². The van der Waals surface area contributed by atoms with E-state index in [-0.39, 0.29) is 6.10 Å². The van der Waals surface area contributed by atoms with E-state index in [9.17, 15) is 5.11 Å². The van der Waals surface area contributed by atoms with Crippen LogP contribution < -0.4 is 5.32 Å². The van der Waals surface area contributed by atoms with Gasteiger partial charge in [0.2, 0.25) is 0 Å². The molecule has 3 rings (SSSR count). The van der Waals surface area contributed by atoms with Gasteiger partial charge in [0.15, 0.2) is 0 Å². The van der Waals surface area contributed by atoms with Gasteiger partial charge in [-0.25, -0.2) is 0 Å². The van der Waals surface area contributed by atoms with Crippen molar-refractivity contribution in [3.8, 4) is 0 Å². The lowest BCUT2D eigenvalue weighted by atomic mass is 9.84. The molecule has 0 spiro atoms. The van der Waals surface area contributed by atoms with Gasteiger partial charge in [-0.1, -0.05) is 6.92 Å². The van der Waals surface area contributed by atoms with Gasteiger partial charge in [-0.2, -0.15) is 0 Å². The Morgan fingerprint density at radius 3 is 2.63 bits per heavy atom. The van der Waals surface area contributed by atoms with E-state index in [1.54, 1.807) is 0 Å². The number of aliphatic hydroxyl groups is 1. The van der Waals surface area contributed by atoms with Gasteiger partial charge >= 0.3 is 0 Å². The lowest BCUT2D eigenvalue weighted by Crippen LogP contribution is -2.52. The van der Waals surface area contributed by atoms with Gasteiger partial charge in [-0.3, -0.25) is 4.90 Å². The molecule has 0 aromatic carbocycles. The first-order valence-corrected chi connectivity index (χ1v) is 7.95. The summed E-state index contributed by atoms with van der Waals surface area (Å²) < 4.78 is 5.70. The summed E-state index contributed by atoms with van der Waals surface area (Å²) >= 11 is 0. The van der Waals surface area contributed by atoms with Gasteiger partial charge in [0.05, 0.1) is 12.7 Å². The maximum Gasteiger partial charge on any atom is 0.0570 e. The summed E-state index contributed by atoms with van der Waals surface area (Å²) in [7, 11) is 0. The molecule has 0 aromatic heterocycles. The zero-order chi connectivity index (χ0) is 13.3. The number of ether oxygens (including phenoxy) is 1. The molecular weight excluding hydrogens is 240 g/mol. The first kappa shape index (κ1) is 13.8. The Morgan fingerprint density at radius 1 is 1.32 bits per heavy atom. The van der Waals surface area contributed by atoms with E-state index in [0.29, 0.717) is 17.5 Å². The Kier molecular flexibility index (Phi) is 4.13. The average molecular weight is 268 g/mol. The van der Waals surface area contributed by atoms with Gasteiger partial charge in [0.25, 0.3) is 0 Å². The molecule has 2 bridgehead atoms. The summed E-state index contributed by atoms with van der Waals surface area (Å²) in [4.78, 5) is 2.69. The lowest BCUT2D eigenvalue weighted by Gasteiger charge is -2.42. The number of hydrogen-bond donors (Lipinski definition) is 2. The molecule has 3 atom stereocenters. The Bertz CT molecular complexity index is 291. The molecule has 0 saturated carbocycles. The number of fused-ring (bicyclic) bond motifs is 2. The second-order valence-electron chi connectivity index (χ2n) is 6.77. The van der Waals surface area contributed by atoms with Crippen LogP contribution in [0.2, 0.25) is 0 Å². The van der Waals surface area contributed by atoms with E-state index < -0.39 is 0 Å².